The van der Waals surface area contributed by atoms with Crippen LogP contribution < -0.4 is 5.32 Å². The van der Waals surface area contributed by atoms with Gasteiger partial charge in [-0.3, -0.25) is 4.79 Å². The smallest absolute Gasteiger partial charge is 0.262 e. The van der Waals surface area contributed by atoms with Crippen molar-refractivity contribution in [2.45, 2.75) is 13.0 Å². The van der Waals surface area contributed by atoms with Crippen molar-refractivity contribution in [3.8, 4) is 0 Å². The Balaban J connectivity index is 2.13. The molecule has 1 atom stereocenters. The SMILES string of the molecule is CC(NC(=O)c1sccc1Br)c1ccccc1Br. The van der Waals surface area contributed by atoms with E-state index in [2.05, 4.69) is 37.2 Å². The molecule has 5 heteroatoms. The highest BCUT2D eigenvalue weighted by molar-refractivity contribution is 9.10. The lowest BCUT2D eigenvalue weighted by atomic mass is 10.1. The minimum atomic E-state index is -0.0554. The predicted octanol–water partition coefficient (Wildman–Crippen LogP) is 4.76. The zero-order valence-corrected chi connectivity index (χ0v) is 13.6. The Morgan fingerprint density at radius 1 is 1.22 bits per heavy atom. The van der Waals surface area contributed by atoms with Gasteiger partial charge < -0.3 is 5.32 Å². The molecule has 1 N–H and O–H groups in total. The summed E-state index contributed by atoms with van der Waals surface area (Å²) in [6.45, 7) is 1.97. The number of hydrogen-bond donors (Lipinski definition) is 1. The molecule has 0 radical (unpaired) electrons. The van der Waals surface area contributed by atoms with Gasteiger partial charge in [0.2, 0.25) is 0 Å². The van der Waals surface area contributed by atoms with E-state index in [9.17, 15) is 4.79 Å². The summed E-state index contributed by atoms with van der Waals surface area (Å²) in [5.74, 6) is -0.0554. The topological polar surface area (TPSA) is 29.1 Å². The van der Waals surface area contributed by atoms with E-state index >= 15 is 0 Å². The molecule has 18 heavy (non-hydrogen) atoms. The Bertz CT molecular complexity index is 568. The fourth-order valence-corrected chi connectivity index (χ4v) is 3.70. The number of thiophene rings is 1. The largest absolute Gasteiger partial charge is 0.345 e. The highest BCUT2D eigenvalue weighted by atomic mass is 79.9. The second-order valence-corrected chi connectivity index (χ2v) is 6.44. The molecule has 0 fully saturated rings. The molecule has 1 aromatic heterocycles. The van der Waals surface area contributed by atoms with Crippen LogP contribution >= 0.6 is 43.2 Å². The van der Waals surface area contributed by atoms with Crippen molar-refractivity contribution in [2.24, 2.45) is 0 Å². The van der Waals surface area contributed by atoms with Crippen LogP contribution in [0, 0.1) is 0 Å². The van der Waals surface area contributed by atoms with Crippen molar-refractivity contribution in [1.82, 2.24) is 5.32 Å². The van der Waals surface area contributed by atoms with E-state index < -0.39 is 0 Å². The maximum absolute atomic E-state index is 12.1. The van der Waals surface area contributed by atoms with E-state index in [1.54, 1.807) is 0 Å². The summed E-state index contributed by atoms with van der Waals surface area (Å²) in [6, 6.07) is 9.73. The number of carbonyl (C=O) groups excluding carboxylic acids is 1. The second kappa shape index (κ2) is 5.99. The number of rotatable bonds is 3. The minimum Gasteiger partial charge on any atom is -0.345 e. The number of nitrogens with one attached hydrogen (secondary N) is 1. The summed E-state index contributed by atoms with van der Waals surface area (Å²) >= 11 is 8.29. The van der Waals surface area contributed by atoms with Gasteiger partial charge in [0.1, 0.15) is 4.88 Å². The highest BCUT2D eigenvalue weighted by Gasteiger charge is 2.16. The zero-order valence-electron chi connectivity index (χ0n) is 9.61. The quantitative estimate of drug-likeness (QED) is 0.806. The van der Waals surface area contributed by atoms with Crippen molar-refractivity contribution in [3.05, 3.63) is 55.1 Å². The van der Waals surface area contributed by atoms with E-state index in [4.69, 9.17) is 0 Å². The molecular formula is C13H11Br2NOS. The number of carbonyl (C=O) groups is 1. The van der Waals surface area contributed by atoms with Gasteiger partial charge in [0, 0.05) is 8.95 Å². The first-order chi connectivity index (χ1) is 8.59. The molecule has 0 spiro atoms. The Morgan fingerprint density at radius 2 is 1.94 bits per heavy atom. The number of hydrogen-bond acceptors (Lipinski definition) is 2. The maximum Gasteiger partial charge on any atom is 0.262 e. The van der Waals surface area contributed by atoms with E-state index in [0.717, 1.165) is 14.5 Å². The molecule has 0 aliphatic rings. The summed E-state index contributed by atoms with van der Waals surface area (Å²) in [6.07, 6.45) is 0. The van der Waals surface area contributed by atoms with Gasteiger partial charge in [-0.05, 0) is 45.9 Å². The van der Waals surface area contributed by atoms with Crippen LogP contribution in [-0.4, -0.2) is 5.91 Å². The molecule has 1 amide bonds. The Labute approximate surface area is 127 Å². The molecular weight excluding hydrogens is 378 g/mol. The van der Waals surface area contributed by atoms with Gasteiger partial charge in [-0.1, -0.05) is 34.1 Å². The average Bonchev–Trinajstić information content (AvgIpc) is 2.76. The number of halogens is 2. The second-order valence-electron chi connectivity index (χ2n) is 3.81. The van der Waals surface area contributed by atoms with Gasteiger partial charge in [0.25, 0.3) is 5.91 Å². The maximum atomic E-state index is 12.1. The van der Waals surface area contributed by atoms with Crippen molar-refractivity contribution in [2.75, 3.05) is 0 Å². The van der Waals surface area contributed by atoms with Gasteiger partial charge in [-0.15, -0.1) is 11.3 Å². The first-order valence-electron chi connectivity index (χ1n) is 5.38. The molecule has 2 rings (SSSR count). The number of amides is 1. The van der Waals surface area contributed by atoms with Gasteiger partial charge in [-0.2, -0.15) is 0 Å². The normalized spacial score (nSPS) is 12.2. The van der Waals surface area contributed by atoms with Crippen LogP contribution in [0.2, 0.25) is 0 Å². The van der Waals surface area contributed by atoms with E-state index in [1.165, 1.54) is 11.3 Å². The standard InChI is InChI=1S/C13H11Br2NOS/c1-8(9-4-2-3-5-10(9)14)16-13(17)12-11(15)6-7-18-12/h2-8H,1H3,(H,16,17). The minimum absolute atomic E-state index is 0.0397. The van der Waals surface area contributed by atoms with Crippen LogP contribution in [0.3, 0.4) is 0 Å². The third kappa shape index (κ3) is 3.02. The van der Waals surface area contributed by atoms with Crippen LogP contribution in [0.4, 0.5) is 0 Å². The summed E-state index contributed by atoms with van der Waals surface area (Å²) in [4.78, 5) is 12.8. The third-order valence-corrected chi connectivity index (χ3v) is 5.10. The van der Waals surface area contributed by atoms with E-state index in [1.807, 2.05) is 42.6 Å². The van der Waals surface area contributed by atoms with Crippen molar-refractivity contribution >= 4 is 49.1 Å². The molecule has 94 valence electrons. The van der Waals surface area contributed by atoms with Crippen molar-refractivity contribution < 1.29 is 4.79 Å². The Kier molecular flexibility index (Phi) is 4.59. The van der Waals surface area contributed by atoms with Crippen LogP contribution in [0.25, 0.3) is 0 Å². The first kappa shape index (κ1) is 13.8. The molecule has 0 saturated heterocycles. The Hall–Kier alpha value is -0.650. The van der Waals surface area contributed by atoms with Gasteiger partial charge in [-0.25, -0.2) is 0 Å². The van der Waals surface area contributed by atoms with E-state index in [-0.39, 0.29) is 11.9 Å². The first-order valence-corrected chi connectivity index (χ1v) is 7.84. The molecule has 2 nitrogen and oxygen atoms in total. The Morgan fingerprint density at radius 3 is 2.56 bits per heavy atom. The van der Waals surface area contributed by atoms with Crippen LogP contribution in [-0.2, 0) is 0 Å². The van der Waals surface area contributed by atoms with Gasteiger partial charge in [0.15, 0.2) is 0 Å². The van der Waals surface area contributed by atoms with Crippen molar-refractivity contribution in [3.63, 3.8) is 0 Å². The summed E-state index contributed by atoms with van der Waals surface area (Å²) in [5.41, 5.74) is 1.07. The van der Waals surface area contributed by atoms with E-state index in [0.29, 0.717) is 4.88 Å². The summed E-state index contributed by atoms with van der Waals surface area (Å²) in [5, 5.41) is 4.88. The molecule has 0 aliphatic heterocycles. The lowest BCUT2D eigenvalue weighted by molar-refractivity contribution is 0.0943. The number of benzene rings is 1. The third-order valence-electron chi connectivity index (χ3n) is 2.54. The predicted molar refractivity (Wildman–Crippen MR) is 82.0 cm³/mol. The van der Waals surface area contributed by atoms with Crippen LogP contribution in [0.5, 0.6) is 0 Å². The highest BCUT2D eigenvalue weighted by Crippen LogP contribution is 2.26. The molecule has 0 saturated carbocycles. The van der Waals surface area contributed by atoms with Crippen LogP contribution in [0.15, 0.2) is 44.7 Å². The molecule has 1 unspecified atom stereocenters. The van der Waals surface area contributed by atoms with Crippen molar-refractivity contribution in [1.29, 1.82) is 0 Å². The molecule has 0 bridgehead atoms. The van der Waals surface area contributed by atoms with Crippen LogP contribution in [0.1, 0.15) is 28.2 Å². The average molecular weight is 389 g/mol. The fraction of sp³-hybridized carbons (Fsp3) is 0.154. The fourth-order valence-electron chi connectivity index (χ4n) is 1.62. The van der Waals surface area contributed by atoms with Gasteiger partial charge in [0.05, 0.1) is 6.04 Å². The zero-order chi connectivity index (χ0) is 13.1. The monoisotopic (exact) mass is 387 g/mol. The lowest BCUT2D eigenvalue weighted by Crippen LogP contribution is -2.26. The molecule has 2 aromatic rings. The summed E-state index contributed by atoms with van der Waals surface area (Å²) in [7, 11) is 0. The lowest BCUT2D eigenvalue weighted by Gasteiger charge is -2.15. The molecule has 1 aromatic carbocycles. The molecule has 1 heterocycles. The molecule has 0 aliphatic carbocycles. The van der Waals surface area contributed by atoms with Gasteiger partial charge >= 0.3 is 0 Å². The summed E-state index contributed by atoms with van der Waals surface area (Å²) < 4.78 is 1.84.